The summed E-state index contributed by atoms with van der Waals surface area (Å²) in [5.74, 6) is 1.63. The molecule has 2 heterocycles. The number of pyridine rings is 1. The van der Waals surface area contributed by atoms with Crippen molar-refractivity contribution in [3.8, 4) is 11.4 Å². The largest absolute Gasteiger partial charge is 0.370 e. The van der Waals surface area contributed by atoms with Crippen molar-refractivity contribution >= 4 is 21.7 Å². The molecule has 0 spiro atoms. The first kappa shape index (κ1) is 16.6. The lowest BCUT2D eigenvalue weighted by Gasteiger charge is -2.10. The molecule has 122 valence electrons. The SMILES string of the molecule is CCc1cc(NCCc2ccncc2)nc(-c2ccc(Br)cc2)n1. The number of aromatic nitrogens is 3. The highest BCUT2D eigenvalue weighted by Gasteiger charge is 2.06. The summed E-state index contributed by atoms with van der Waals surface area (Å²) in [5, 5.41) is 3.41. The Bertz CT molecular complexity index is 788. The molecule has 0 saturated heterocycles. The van der Waals surface area contributed by atoms with Crippen molar-refractivity contribution in [1.29, 1.82) is 0 Å². The molecule has 0 unspecified atom stereocenters. The molecule has 0 amide bonds. The van der Waals surface area contributed by atoms with Gasteiger partial charge in [0.15, 0.2) is 5.82 Å². The maximum absolute atomic E-state index is 4.66. The van der Waals surface area contributed by atoms with E-state index in [2.05, 4.69) is 43.1 Å². The summed E-state index contributed by atoms with van der Waals surface area (Å²) in [5.41, 5.74) is 3.32. The predicted octanol–water partition coefficient (Wildman–Crippen LogP) is 4.52. The smallest absolute Gasteiger partial charge is 0.161 e. The molecule has 3 aromatic rings. The van der Waals surface area contributed by atoms with Gasteiger partial charge in [0.1, 0.15) is 5.82 Å². The number of aryl methyl sites for hydroxylation is 1. The Morgan fingerprint density at radius 2 is 1.75 bits per heavy atom. The second-order valence-electron chi connectivity index (χ2n) is 5.46. The molecule has 0 aliphatic heterocycles. The van der Waals surface area contributed by atoms with Crippen molar-refractivity contribution in [3.05, 3.63) is 70.6 Å². The standard InChI is InChI=1S/C19H19BrN4/c1-2-17-13-18(22-12-9-14-7-10-21-11-8-14)24-19(23-17)15-3-5-16(20)6-4-15/h3-8,10-11,13H,2,9,12H2,1H3,(H,22,23,24). The van der Waals surface area contributed by atoms with Crippen LogP contribution in [0.15, 0.2) is 59.3 Å². The summed E-state index contributed by atoms with van der Waals surface area (Å²) in [6, 6.07) is 14.2. The molecule has 0 fully saturated rings. The van der Waals surface area contributed by atoms with Crippen LogP contribution in [0.5, 0.6) is 0 Å². The number of anilines is 1. The van der Waals surface area contributed by atoms with Gasteiger partial charge in [-0.2, -0.15) is 0 Å². The summed E-state index contributed by atoms with van der Waals surface area (Å²) in [4.78, 5) is 13.3. The Morgan fingerprint density at radius 3 is 2.46 bits per heavy atom. The Hall–Kier alpha value is -2.27. The summed E-state index contributed by atoms with van der Waals surface area (Å²) in [7, 11) is 0. The van der Waals surface area contributed by atoms with Crippen molar-refractivity contribution in [2.24, 2.45) is 0 Å². The minimum Gasteiger partial charge on any atom is -0.370 e. The molecule has 3 rings (SSSR count). The van der Waals surface area contributed by atoms with Gasteiger partial charge in [0.25, 0.3) is 0 Å². The zero-order valence-electron chi connectivity index (χ0n) is 13.5. The highest BCUT2D eigenvalue weighted by Crippen LogP contribution is 2.21. The highest BCUT2D eigenvalue weighted by molar-refractivity contribution is 9.10. The molecule has 1 N–H and O–H groups in total. The van der Waals surface area contributed by atoms with Crippen molar-refractivity contribution in [2.75, 3.05) is 11.9 Å². The van der Waals surface area contributed by atoms with E-state index >= 15 is 0 Å². The van der Waals surface area contributed by atoms with E-state index in [0.29, 0.717) is 0 Å². The van der Waals surface area contributed by atoms with E-state index in [-0.39, 0.29) is 0 Å². The number of hydrogen-bond donors (Lipinski definition) is 1. The number of benzene rings is 1. The minimum absolute atomic E-state index is 0.758. The van der Waals surface area contributed by atoms with Crippen molar-refractivity contribution in [2.45, 2.75) is 19.8 Å². The van der Waals surface area contributed by atoms with Gasteiger partial charge in [-0.1, -0.05) is 35.0 Å². The lowest BCUT2D eigenvalue weighted by Crippen LogP contribution is -2.08. The molecular formula is C19H19BrN4. The zero-order chi connectivity index (χ0) is 16.8. The quantitative estimate of drug-likeness (QED) is 0.680. The average molecular weight is 383 g/mol. The Labute approximate surface area is 150 Å². The van der Waals surface area contributed by atoms with E-state index in [1.165, 1.54) is 5.56 Å². The average Bonchev–Trinajstić information content (AvgIpc) is 2.63. The maximum atomic E-state index is 4.66. The molecule has 5 heteroatoms. The first-order chi connectivity index (χ1) is 11.7. The first-order valence-corrected chi connectivity index (χ1v) is 8.80. The molecule has 2 aromatic heterocycles. The fraction of sp³-hybridized carbons (Fsp3) is 0.211. The van der Waals surface area contributed by atoms with E-state index in [4.69, 9.17) is 0 Å². The first-order valence-electron chi connectivity index (χ1n) is 8.01. The van der Waals surface area contributed by atoms with E-state index in [9.17, 15) is 0 Å². The van der Waals surface area contributed by atoms with Crippen LogP contribution in [-0.4, -0.2) is 21.5 Å². The van der Waals surface area contributed by atoms with Crippen molar-refractivity contribution in [1.82, 2.24) is 15.0 Å². The van der Waals surface area contributed by atoms with Gasteiger partial charge in [-0.05, 0) is 42.7 Å². The van der Waals surface area contributed by atoms with Gasteiger partial charge < -0.3 is 5.32 Å². The molecule has 0 atom stereocenters. The molecule has 0 saturated carbocycles. The number of rotatable bonds is 6. The molecule has 4 nitrogen and oxygen atoms in total. The Kier molecular flexibility index (Phi) is 5.54. The topological polar surface area (TPSA) is 50.7 Å². The van der Waals surface area contributed by atoms with Crippen LogP contribution < -0.4 is 5.32 Å². The van der Waals surface area contributed by atoms with Gasteiger partial charge in [-0.25, -0.2) is 9.97 Å². The van der Waals surface area contributed by atoms with E-state index < -0.39 is 0 Å². The van der Waals surface area contributed by atoms with Crippen LogP contribution in [0, 0.1) is 0 Å². The third-order valence-corrected chi connectivity index (χ3v) is 4.24. The molecule has 24 heavy (non-hydrogen) atoms. The molecule has 1 aromatic carbocycles. The summed E-state index contributed by atoms with van der Waals surface area (Å²) < 4.78 is 1.05. The predicted molar refractivity (Wildman–Crippen MR) is 101 cm³/mol. The van der Waals surface area contributed by atoms with Crippen LogP contribution in [0.2, 0.25) is 0 Å². The molecule has 0 aliphatic rings. The summed E-state index contributed by atoms with van der Waals surface area (Å²) in [6.45, 7) is 2.93. The number of nitrogens with one attached hydrogen (secondary N) is 1. The Morgan fingerprint density at radius 1 is 1.00 bits per heavy atom. The number of halogens is 1. The van der Waals surface area contributed by atoms with Gasteiger partial charge >= 0.3 is 0 Å². The summed E-state index contributed by atoms with van der Waals surface area (Å²) >= 11 is 3.46. The lowest BCUT2D eigenvalue weighted by molar-refractivity contribution is 0.970. The molecule has 0 aliphatic carbocycles. The van der Waals surface area contributed by atoms with Crippen LogP contribution in [0.1, 0.15) is 18.2 Å². The maximum Gasteiger partial charge on any atom is 0.161 e. The van der Waals surface area contributed by atoms with Crippen LogP contribution in [0.4, 0.5) is 5.82 Å². The van der Waals surface area contributed by atoms with Gasteiger partial charge in [0, 0.05) is 40.7 Å². The van der Waals surface area contributed by atoms with Gasteiger partial charge in [0.05, 0.1) is 0 Å². The van der Waals surface area contributed by atoms with E-state index in [1.54, 1.807) is 0 Å². The third kappa shape index (κ3) is 4.38. The van der Waals surface area contributed by atoms with Crippen molar-refractivity contribution < 1.29 is 0 Å². The van der Waals surface area contributed by atoms with Gasteiger partial charge in [-0.15, -0.1) is 0 Å². The zero-order valence-corrected chi connectivity index (χ0v) is 15.1. The van der Waals surface area contributed by atoms with Crippen molar-refractivity contribution in [3.63, 3.8) is 0 Å². The molecule has 0 bridgehead atoms. The normalized spacial score (nSPS) is 10.6. The number of nitrogens with zero attached hydrogens (tertiary/aromatic N) is 3. The van der Waals surface area contributed by atoms with Crippen LogP contribution >= 0.6 is 15.9 Å². The van der Waals surface area contributed by atoms with Crippen LogP contribution in [-0.2, 0) is 12.8 Å². The van der Waals surface area contributed by atoms with Crippen LogP contribution in [0.3, 0.4) is 0 Å². The van der Waals surface area contributed by atoms with Gasteiger partial charge in [-0.3, -0.25) is 4.98 Å². The lowest BCUT2D eigenvalue weighted by atomic mass is 10.2. The van der Waals surface area contributed by atoms with E-state index in [1.807, 2.05) is 54.9 Å². The third-order valence-electron chi connectivity index (χ3n) is 3.71. The van der Waals surface area contributed by atoms with E-state index in [0.717, 1.165) is 46.8 Å². The fourth-order valence-electron chi connectivity index (χ4n) is 2.38. The highest BCUT2D eigenvalue weighted by atomic mass is 79.9. The second-order valence-corrected chi connectivity index (χ2v) is 6.38. The minimum atomic E-state index is 0.758. The van der Waals surface area contributed by atoms with Crippen LogP contribution in [0.25, 0.3) is 11.4 Å². The molecule has 0 radical (unpaired) electrons. The monoisotopic (exact) mass is 382 g/mol. The van der Waals surface area contributed by atoms with Gasteiger partial charge in [0.2, 0.25) is 0 Å². The summed E-state index contributed by atoms with van der Waals surface area (Å²) in [6.07, 6.45) is 5.45. The second kappa shape index (κ2) is 8.02. The number of hydrogen-bond acceptors (Lipinski definition) is 4. The molecular weight excluding hydrogens is 364 g/mol. The fourth-order valence-corrected chi connectivity index (χ4v) is 2.65. The Balaban J connectivity index is 1.75.